The lowest BCUT2D eigenvalue weighted by Crippen LogP contribution is -2.29. The molecule has 1 aliphatic heterocycles. The molecule has 1 aliphatic rings. The molecule has 1 unspecified atom stereocenters. The van der Waals surface area contributed by atoms with E-state index >= 15 is 0 Å². The summed E-state index contributed by atoms with van der Waals surface area (Å²) in [6.45, 7) is 3.09. The van der Waals surface area contributed by atoms with Crippen LogP contribution in [0.1, 0.15) is 33.4 Å². The van der Waals surface area contributed by atoms with Crippen molar-refractivity contribution in [2.24, 2.45) is 0 Å². The minimum atomic E-state index is -0.0390. The van der Waals surface area contributed by atoms with E-state index in [0.29, 0.717) is 39.6 Å². The van der Waals surface area contributed by atoms with Gasteiger partial charge in [0.2, 0.25) is 0 Å². The molecule has 56 heavy (non-hydrogen) atoms. The molecule has 282 valence electrons. The summed E-state index contributed by atoms with van der Waals surface area (Å²) in [6, 6.07) is 62.4. The van der Waals surface area contributed by atoms with Crippen LogP contribution in [0, 0.1) is 0 Å². The summed E-state index contributed by atoms with van der Waals surface area (Å²) in [6.07, 6.45) is 0.688. The monoisotopic (exact) mass is 742 g/mol. The molecular weight excluding hydrogens is 697 g/mol. The van der Waals surface area contributed by atoms with Crippen LogP contribution in [-0.2, 0) is 44.2 Å². The Labute approximate surface area is 329 Å². The molecule has 0 aromatic heterocycles. The molecule has 0 radical (unpaired) electrons. The van der Waals surface area contributed by atoms with Gasteiger partial charge in [-0.2, -0.15) is 0 Å². The van der Waals surface area contributed by atoms with Crippen molar-refractivity contribution in [3.63, 3.8) is 0 Å². The van der Waals surface area contributed by atoms with Crippen LogP contribution < -0.4 is 23.7 Å². The van der Waals surface area contributed by atoms with E-state index in [-0.39, 0.29) is 6.10 Å². The van der Waals surface area contributed by atoms with Gasteiger partial charge in [0, 0.05) is 24.1 Å². The third kappa shape index (κ3) is 11.5. The molecule has 0 saturated heterocycles. The van der Waals surface area contributed by atoms with Crippen LogP contribution >= 0.6 is 0 Å². The number of para-hydroxylation sites is 2. The third-order valence-electron chi connectivity index (χ3n) is 9.14. The average Bonchev–Trinajstić information content (AvgIpc) is 3.27. The standard InChI is InChI=1S/C30H28O4.C20H18O2/c1-4-10-23(11-5-1)19-31-26-17-29(33-21-25-14-8-3-9-15-25)28-16-27(22-34-30(28)18-26)32-20-24-12-6-2-7-13-24;1-3-9-17(10-4-1)15-21-19-13-7-8-14-20(19)22-16-18-11-5-2-6-12-18/h1-15,17-18,27H,16,19-22H2;1-14H,15-16H2. The number of benzene rings is 7. The Morgan fingerprint density at radius 1 is 0.393 bits per heavy atom. The number of fused-ring (bicyclic) bond motifs is 1. The fourth-order valence-electron chi connectivity index (χ4n) is 6.14. The highest BCUT2D eigenvalue weighted by Crippen LogP contribution is 2.39. The minimum absolute atomic E-state index is 0.0390. The number of ether oxygens (including phenoxy) is 6. The first-order valence-electron chi connectivity index (χ1n) is 19.0. The summed E-state index contributed by atoms with van der Waals surface area (Å²) in [7, 11) is 0. The van der Waals surface area contributed by atoms with Crippen LogP contribution in [0.2, 0.25) is 0 Å². The second-order valence-electron chi connectivity index (χ2n) is 13.4. The Balaban J connectivity index is 0.000000189. The van der Waals surface area contributed by atoms with Crippen molar-refractivity contribution in [2.45, 2.75) is 45.6 Å². The van der Waals surface area contributed by atoms with Gasteiger partial charge >= 0.3 is 0 Å². The summed E-state index contributed by atoms with van der Waals surface area (Å²) in [5, 5.41) is 0. The molecule has 6 nitrogen and oxygen atoms in total. The van der Waals surface area contributed by atoms with Crippen molar-refractivity contribution in [2.75, 3.05) is 6.61 Å². The highest BCUT2D eigenvalue weighted by Gasteiger charge is 2.25. The van der Waals surface area contributed by atoms with Gasteiger partial charge < -0.3 is 28.4 Å². The van der Waals surface area contributed by atoms with Gasteiger partial charge in [-0.15, -0.1) is 0 Å². The van der Waals surface area contributed by atoms with E-state index in [1.54, 1.807) is 0 Å². The number of hydrogen-bond acceptors (Lipinski definition) is 6. The molecule has 0 spiro atoms. The molecule has 6 heteroatoms. The van der Waals surface area contributed by atoms with Crippen LogP contribution in [0.3, 0.4) is 0 Å². The van der Waals surface area contributed by atoms with Gasteiger partial charge in [-0.1, -0.05) is 164 Å². The van der Waals surface area contributed by atoms with E-state index in [2.05, 4.69) is 36.4 Å². The first-order valence-corrected chi connectivity index (χ1v) is 19.0. The van der Waals surface area contributed by atoms with Gasteiger partial charge in [0.1, 0.15) is 50.3 Å². The molecule has 7 aromatic carbocycles. The van der Waals surface area contributed by atoms with Gasteiger partial charge in [-0.25, -0.2) is 0 Å². The van der Waals surface area contributed by atoms with E-state index in [1.165, 1.54) is 0 Å². The summed E-state index contributed by atoms with van der Waals surface area (Å²) in [4.78, 5) is 0. The highest BCUT2D eigenvalue weighted by atomic mass is 16.5. The second-order valence-corrected chi connectivity index (χ2v) is 13.4. The fourth-order valence-corrected chi connectivity index (χ4v) is 6.14. The smallest absolute Gasteiger partial charge is 0.161 e. The molecule has 0 N–H and O–H groups in total. The molecular formula is C50H46O6. The minimum Gasteiger partial charge on any atom is -0.490 e. The zero-order valence-electron chi connectivity index (χ0n) is 31.4. The topological polar surface area (TPSA) is 55.4 Å². The molecule has 0 amide bonds. The van der Waals surface area contributed by atoms with Gasteiger partial charge in [0.15, 0.2) is 11.5 Å². The molecule has 1 heterocycles. The second kappa shape index (κ2) is 20.3. The summed E-state index contributed by atoms with van der Waals surface area (Å²) < 4.78 is 36.4. The number of hydrogen-bond donors (Lipinski definition) is 0. The zero-order chi connectivity index (χ0) is 38.0. The third-order valence-corrected chi connectivity index (χ3v) is 9.14. The van der Waals surface area contributed by atoms with Crippen LogP contribution in [0.25, 0.3) is 0 Å². The Morgan fingerprint density at radius 2 is 0.768 bits per heavy atom. The van der Waals surface area contributed by atoms with Gasteiger partial charge in [0.05, 0.1) is 12.7 Å². The van der Waals surface area contributed by atoms with Crippen molar-refractivity contribution in [3.8, 4) is 28.7 Å². The molecule has 1 atom stereocenters. The maximum absolute atomic E-state index is 6.28. The van der Waals surface area contributed by atoms with Gasteiger partial charge in [-0.3, -0.25) is 0 Å². The van der Waals surface area contributed by atoms with E-state index in [4.69, 9.17) is 28.4 Å². The molecule has 0 saturated carbocycles. The Morgan fingerprint density at radius 3 is 1.21 bits per heavy atom. The van der Waals surface area contributed by atoms with E-state index in [1.807, 2.05) is 152 Å². The quantitative estimate of drug-likeness (QED) is 0.104. The van der Waals surface area contributed by atoms with Crippen molar-refractivity contribution in [1.29, 1.82) is 0 Å². The van der Waals surface area contributed by atoms with E-state index < -0.39 is 0 Å². The lowest BCUT2D eigenvalue weighted by molar-refractivity contribution is 0.000188. The number of rotatable bonds is 15. The molecule has 8 rings (SSSR count). The van der Waals surface area contributed by atoms with Crippen LogP contribution in [0.4, 0.5) is 0 Å². The van der Waals surface area contributed by atoms with Crippen molar-refractivity contribution in [1.82, 2.24) is 0 Å². The van der Waals surface area contributed by atoms with Gasteiger partial charge in [0.25, 0.3) is 0 Å². The Hall–Kier alpha value is -6.50. The molecule has 0 fully saturated rings. The SMILES string of the molecule is c1ccc(COc2cc(OCc3ccccc3)c3c(c2)OCC(OCc2ccccc2)C3)cc1.c1ccc(COc2ccccc2OCc2ccccc2)cc1. The summed E-state index contributed by atoms with van der Waals surface area (Å²) in [5.74, 6) is 3.84. The van der Waals surface area contributed by atoms with Crippen LogP contribution in [0.5, 0.6) is 28.7 Å². The summed E-state index contributed by atoms with van der Waals surface area (Å²) in [5.41, 5.74) is 6.68. The largest absolute Gasteiger partial charge is 0.490 e. The molecule has 0 aliphatic carbocycles. The molecule has 0 bridgehead atoms. The lowest BCUT2D eigenvalue weighted by atomic mass is 10.0. The first kappa shape index (κ1) is 37.8. The maximum atomic E-state index is 6.28. The maximum Gasteiger partial charge on any atom is 0.161 e. The highest BCUT2D eigenvalue weighted by molar-refractivity contribution is 5.52. The molecule has 7 aromatic rings. The predicted molar refractivity (Wildman–Crippen MR) is 220 cm³/mol. The normalized spacial score (nSPS) is 12.9. The lowest BCUT2D eigenvalue weighted by Gasteiger charge is -2.28. The fraction of sp³-hybridized carbons (Fsp3) is 0.160. The Kier molecular flexibility index (Phi) is 13.7. The van der Waals surface area contributed by atoms with Crippen molar-refractivity contribution < 1.29 is 28.4 Å². The predicted octanol–water partition coefficient (Wildman–Crippen LogP) is 11.2. The zero-order valence-corrected chi connectivity index (χ0v) is 31.4. The average molecular weight is 743 g/mol. The van der Waals surface area contributed by atoms with E-state index in [0.717, 1.165) is 68.5 Å². The van der Waals surface area contributed by atoms with Crippen molar-refractivity contribution in [3.05, 3.63) is 221 Å². The van der Waals surface area contributed by atoms with Crippen LogP contribution in [-0.4, -0.2) is 12.7 Å². The van der Waals surface area contributed by atoms with E-state index in [9.17, 15) is 0 Å². The van der Waals surface area contributed by atoms with Crippen LogP contribution in [0.15, 0.2) is 188 Å². The van der Waals surface area contributed by atoms with Gasteiger partial charge in [-0.05, 0) is 39.9 Å². The Bertz CT molecular complexity index is 2120. The summed E-state index contributed by atoms with van der Waals surface area (Å²) >= 11 is 0. The van der Waals surface area contributed by atoms with Crippen molar-refractivity contribution >= 4 is 0 Å². The first-order chi connectivity index (χ1) is 27.7.